The number of aryl methyl sites for hydroxylation is 1. The highest BCUT2D eigenvalue weighted by molar-refractivity contribution is 5.94. The van der Waals surface area contributed by atoms with Crippen LogP contribution in [0.1, 0.15) is 18.4 Å². The zero-order valence-electron chi connectivity index (χ0n) is 16.5. The van der Waals surface area contributed by atoms with Crippen LogP contribution in [-0.2, 0) is 4.74 Å². The van der Waals surface area contributed by atoms with E-state index in [-0.39, 0.29) is 0 Å². The summed E-state index contributed by atoms with van der Waals surface area (Å²) >= 11 is 0. The number of methoxy groups -OCH3 is 2. The third-order valence-electron chi connectivity index (χ3n) is 5.85. The molecule has 2 aliphatic heterocycles. The van der Waals surface area contributed by atoms with Crippen LogP contribution in [0, 0.1) is 6.92 Å². The first-order valence-electron chi connectivity index (χ1n) is 9.80. The molecular formula is C21H29N3O3. The molecule has 0 N–H and O–H groups in total. The molecule has 3 heterocycles. The minimum Gasteiger partial charge on any atom is -0.496 e. The molecule has 6 nitrogen and oxygen atoms in total. The zero-order chi connectivity index (χ0) is 18.8. The lowest BCUT2D eigenvalue weighted by Crippen LogP contribution is -2.51. The maximum Gasteiger partial charge on any atom is 0.145 e. The highest BCUT2D eigenvalue weighted by atomic mass is 16.5. The number of hydrogen-bond acceptors (Lipinski definition) is 6. The Hall–Kier alpha value is -2.05. The van der Waals surface area contributed by atoms with Crippen LogP contribution >= 0.6 is 0 Å². The smallest absolute Gasteiger partial charge is 0.145 e. The van der Waals surface area contributed by atoms with Gasteiger partial charge in [0.05, 0.1) is 14.2 Å². The first-order valence-corrected chi connectivity index (χ1v) is 9.80. The van der Waals surface area contributed by atoms with Crippen molar-refractivity contribution in [2.75, 3.05) is 58.5 Å². The molecule has 1 aromatic carbocycles. The average molecular weight is 371 g/mol. The van der Waals surface area contributed by atoms with E-state index < -0.39 is 0 Å². The van der Waals surface area contributed by atoms with Gasteiger partial charge in [0.2, 0.25) is 0 Å². The summed E-state index contributed by atoms with van der Waals surface area (Å²) in [6.45, 7) is 8.09. The van der Waals surface area contributed by atoms with Gasteiger partial charge in [-0.25, -0.2) is 4.98 Å². The Morgan fingerprint density at radius 1 is 1.00 bits per heavy atom. The van der Waals surface area contributed by atoms with Crippen molar-refractivity contribution < 1.29 is 14.2 Å². The summed E-state index contributed by atoms with van der Waals surface area (Å²) in [5.41, 5.74) is 2.04. The van der Waals surface area contributed by atoms with Crippen LogP contribution in [0.4, 0.5) is 5.82 Å². The lowest BCUT2D eigenvalue weighted by atomic mass is 10.1. The number of piperazine rings is 1. The SMILES string of the molecule is COc1ccc(OC)c2c(C)cc(N3CCN(C4CCOCC4)CC3)nc12. The van der Waals surface area contributed by atoms with E-state index in [9.17, 15) is 0 Å². The zero-order valence-corrected chi connectivity index (χ0v) is 16.5. The average Bonchev–Trinajstić information content (AvgIpc) is 2.73. The standard InChI is InChI=1S/C21H29N3O3/c1-15-14-19(22-21-18(26-3)5-4-17(25-2)20(15)21)24-10-8-23(9-11-24)16-6-12-27-13-7-16/h4-5,14,16H,6-13H2,1-3H3. The largest absolute Gasteiger partial charge is 0.496 e. The second-order valence-electron chi connectivity index (χ2n) is 7.36. The fraction of sp³-hybridized carbons (Fsp3) is 0.571. The van der Waals surface area contributed by atoms with Crippen molar-refractivity contribution in [3.05, 3.63) is 23.8 Å². The van der Waals surface area contributed by atoms with Crippen LogP contribution in [-0.4, -0.2) is 69.5 Å². The van der Waals surface area contributed by atoms with Gasteiger partial charge in [0.1, 0.15) is 22.8 Å². The number of aromatic nitrogens is 1. The van der Waals surface area contributed by atoms with Crippen LogP contribution in [0.25, 0.3) is 10.9 Å². The number of benzene rings is 1. The molecule has 0 amide bonds. The third kappa shape index (κ3) is 3.56. The number of anilines is 1. The van der Waals surface area contributed by atoms with Gasteiger partial charge in [0.15, 0.2) is 0 Å². The van der Waals surface area contributed by atoms with Gasteiger partial charge in [-0.15, -0.1) is 0 Å². The summed E-state index contributed by atoms with van der Waals surface area (Å²) in [6, 6.07) is 6.73. The first-order chi connectivity index (χ1) is 13.2. The maximum absolute atomic E-state index is 5.56. The van der Waals surface area contributed by atoms with Crippen LogP contribution in [0.5, 0.6) is 11.5 Å². The molecule has 27 heavy (non-hydrogen) atoms. The molecule has 0 atom stereocenters. The molecule has 2 aromatic rings. The van der Waals surface area contributed by atoms with Crippen molar-refractivity contribution in [2.24, 2.45) is 0 Å². The van der Waals surface area contributed by atoms with Crippen molar-refractivity contribution in [1.82, 2.24) is 9.88 Å². The Bertz CT molecular complexity index is 797. The first kappa shape index (κ1) is 18.3. The Morgan fingerprint density at radius 2 is 1.67 bits per heavy atom. The Balaban J connectivity index is 1.57. The molecule has 0 radical (unpaired) electrons. The van der Waals surface area contributed by atoms with E-state index in [1.54, 1.807) is 14.2 Å². The molecule has 0 bridgehead atoms. The number of hydrogen-bond donors (Lipinski definition) is 0. The topological polar surface area (TPSA) is 47.1 Å². The molecule has 4 rings (SSSR count). The van der Waals surface area contributed by atoms with Gasteiger partial charge in [0, 0.05) is 50.8 Å². The molecule has 6 heteroatoms. The molecule has 0 unspecified atom stereocenters. The summed E-state index contributed by atoms with van der Waals surface area (Å²) in [5.74, 6) is 2.65. The summed E-state index contributed by atoms with van der Waals surface area (Å²) in [5, 5.41) is 1.03. The van der Waals surface area contributed by atoms with Crippen molar-refractivity contribution in [1.29, 1.82) is 0 Å². The molecule has 2 aliphatic rings. The Morgan fingerprint density at radius 3 is 2.33 bits per heavy atom. The van der Waals surface area contributed by atoms with Gasteiger partial charge in [0.25, 0.3) is 0 Å². The molecule has 146 valence electrons. The summed E-state index contributed by atoms with van der Waals surface area (Å²) in [7, 11) is 3.39. The molecule has 0 saturated carbocycles. The molecule has 2 fully saturated rings. The van der Waals surface area contributed by atoms with Gasteiger partial charge >= 0.3 is 0 Å². The normalized spacial score (nSPS) is 19.4. The fourth-order valence-electron chi connectivity index (χ4n) is 4.32. The number of pyridine rings is 1. The Labute approximate surface area is 161 Å². The number of ether oxygens (including phenoxy) is 3. The molecule has 1 aromatic heterocycles. The summed E-state index contributed by atoms with van der Waals surface area (Å²) < 4.78 is 16.6. The lowest BCUT2D eigenvalue weighted by Gasteiger charge is -2.41. The van der Waals surface area contributed by atoms with E-state index >= 15 is 0 Å². The van der Waals surface area contributed by atoms with Gasteiger partial charge in [-0.1, -0.05) is 0 Å². The van der Waals surface area contributed by atoms with Gasteiger partial charge in [-0.3, -0.25) is 4.90 Å². The van der Waals surface area contributed by atoms with E-state index in [4.69, 9.17) is 19.2 Å². The minimum atomic E-state index is 0.677. The predicted octanol–water partition coefficient (Wildman–Crippen LogP) is 2.86. The second-order valence-corrected chi connectivity index (χ2v) is 7.36. The molecule has 0 spiro atoms. The Kier molecular flexibility index (Phi) is 5.36. The van der Waals surface area contributed by atoms with Crippen molar-refractivity contribution in [3.8, 4) is 11.5 Å². The van der Waals surface area contributed by atoms with E-state index in [0.717, 1.165) is 86.0 Å². The minimum absolute atomic E-state index is 0.677. The predicted molar refractivity (Wildman–Crippen MR) is 107 cm³/mol. The highest BCUT2D eigenvalue weighted by Crippen LogP contribution is 2.36. The highest BCUT2D eigenvalue weighted by Gasteiger charge is 2.26. The monoisotopic (exact) mass is 371 g/mol. The van der Waals surface area contributed by atoms with Crippen molar-refractivity contribution in [3.63, 3.8) is 0 Å². The third-order valence-corrected chi connectivity index (χ3v) is 5.85. The second kappa shape index (κ2) is 7.90. The summed E-state index contributed by atoms with van der Waals surface area (Å²) in [4.78, 5) is 9.97. The van der Waals surface area contributed by atoms with Crippen molar-refractivity contribution in [2.45, 2.75) is 25.8 Å². The molecule has 0 aliphatic carbocycles. The summed E-state index contributed by atoms with van der Waals surface area (Å²) in [6.07, 6.45) is 2.31. The van der Waals surface area contributed by atoms with E-state index in [2.05, 4.69) is 22.8 Å². The molecule has 2 saturated heterocycles. The van der Waals surface area contributed by atoms with E-state index in [0.29, 0.717) is 6.04 Å². The van der Waals surface area contributed by atoms with Crippen molar-refractivity contribution >= 4 is 16.7 Å². The van der Waals surface area contributed by atoms with Gasteiger partial charge < -0.3 is 19.1 Å². The van der Waals surface area contributed by atoms with Gasteiger partial charge in [-0.2, -0.15) is 0 Å². The van der Waals surface area contributed by atoms with Crippen LogP contribution in [0.3, 0.4) is 0 Å². The van der Waals surface area contributed by atoms with E-state index in [1.165, 1.54) is 0 Å². The number of rotatable bonds is 4. The van der Waals surface area contributed by atoms with Crippen LogP contribution in [0.15, 0.2) is 18.2 Å². The van der Waals surface area contributed by atoms with Crippen LogP contribution in [0.2, 0.25) is 0 Å². The maximum atomic E-state index is 5.56. The fourth-order valence-corrected chi connectivity index (χ4v) is 4.32. The lowest BCUT2D eigenvalue weighted by molar-refractivity contribution is 0.0321. The van der Waals surface area contributed by atoms with Crippen LogP contribution < -0.4 is 14.4 Å². The number of fused-ring (bicyclic) bond motifs is 1. The molecular weight excluding hydrogens is 342 g/mol. The number of nitrogens with zero attached hydrogens (tertiary/aromatic N) is 3. The van der Waals surface area contributed by atoms with Gasteiger partial charge in [-0.05, 0) is 43.5 Å². The van der Waals surface area contributed by atoms with E-state index in [1.807, 2.05) is 12.1 Å². The quantitative estimate of drug-likeness (QED) is 0.824.